The van der Waals surface area contributed by atoms with E-state index < -0.39 is 10.1 Å². The van der Waals surface area contributed by atoms with Crippen molar-refractivity contribution in [2.24, 2.45) is 0 Å². The maximum atomic E-state index is 13.3. The lowest BCUT2D eigenvalue weighted by Crippen LogP contribution is -2.13. The van der Waals surface area contributed by atoms with Crippen LogP contribution < -0.4 is 15.0 Å². The molecule has 0 amide bonds. The normalized spacial score (nSPS) is 12.0. The summed E-state index contributed by atoms with van der Waals surface area (Å²) in [5, 5.41) is 11.4. The first kappa shape index (κ1) is 44.3. The van der Waals surface area contributed by atoms with E-state index in [-0.39, 0.29) is 54.4 Å². The second-order valence-electron chi connectivity index (χ2n) is 16.8. The van der Waals surface area contributed by atoms with Gasteiger partial charge in [0.15, 0.2) is 15.9 Å². The molecule has 0 spiro atoms. The molecule has 7 aromatic rings. The lowest BCUT2D eigenvalue weighted by molar-refractivity contribution is 0.469. The average Bonchev–Trinajstić information content (AvgIpc) is 3.19. The van der Waals surface area contributed by atoms with Gasteiger partial charge in [0.1, 0.15) is 32.6 Å². The van der Waals surface area contributed by atoms with Crippen molar-refractivity contribution in [3.8, 4) is 11.5 Å². The summed E-state index contributed by atoms with van der Waals surface area (Å²) in [4.78, 5) is 25.8. The predicted molar refractivity (Wildman–Crippen MR) is 245 cm³/mol. The third-order valence-corrected chi connectivity index (χ3v) is 13.5. The maximum Gasteiger partial charge on any atom is 0.339 e. The minimum atomic E-state index is -4.11. The molecule has 5 aromatic carbocycles. The van der Waals surface area contributed by atoms with E-state index in [9.17, 15) is 23.1 Å². The van der Waals surface area contributed by atoms with Gasteiger partial charge in [-0.05, 0) is 90.3 Å². The molecule has 11 heteroatoms. The van der Waals surface area contributed by atoms with Crippen molar-refractivity contribution < 1.29 is 26.5 Å². The topological polar surface area (TPSA) is 124 Å². The SMILES string of the molecule is Cc1c(SCc2ccc(C(C)(C)C)cc2)oc2cccc(O)c2c1=O.Cc1ccc(S(=O)(=O)Oc2cccc3oc(SCc4ccc(C(C)(C)C)cc4)c(C)c(=O)c23)cc1. The molecule has 312 valence electrons. The van der Waals surface area contributed by atoms with E-state index in [0.717, 1.165) is 16.9 Å². The molecule has 8 nitrogen and oxygen atoms in total. The van der Waals surface area contributed by atoms with Crippen molar-refractivity contribution in [1.82, 2.24) is 0 Å². The Morgan fingerprint density at radius 1 is 0.583 bits per heavy atom. The fourth-order valence-corrected chi connectivity index (χ4v) is 9.12. The quantitative estimate of drug-likeness (QED) is 0.111. The Kier molecular flexibility index (Phi) is 13.1. The van der Waals surface area contributed by atoms with Crippen LogP contribution in [0.25, 0.3) is 21.9 Å². The fraction of sp³-hybridized carbons (Fsp3) is 0.265. The maximum absolute atomic E-state index is 13.3. The van der Waals surface area contributed by atoms with Gasteiger partial charge in [0, 0.05) is 22.6 Å². The predicted octanol–water partition coefficient (Wildman–Crippen LogP) is 12.2. The average molecular weight is 863 g/mol. The first-order chi connectivity index (χ1) is 28.2. The molecule has 7 rings (SSSR count). The van der Waals surface area contributed by atoms with Crippen molar-refractivity contribution in [1.29, 1.82) is 0 Å². The zero-order valence-electron chi connectivity index (χ0n) is 35.3. The highest BCUT2D eigenvalue weighted by atomic mass is 32.2. The molecule has 0 bridgehead atoms. The van der Waals surface area contributed by atoms with Crippen molar-refractivity contribution in [3.05, 3.63) is 169 Å². The largest absolute Gasteiger partial charge is 0.507 e. The molecule has 0 radical (unpaired) electrons. The van der Waals surface area contributed by atoms with E-state index in [1.54, 1.807) is 50.2 Å². The van der Waals surface area contributed by atoms with Crippen LogP contribution in [0.4, 0.5) is 0 Å². The Labute approximate surface area is 360 Å². The van der Waals surface area contributed by atoms with Gasteiger partial charge in [0.05, 0.1) is 0 Å². The van der Waals surface area contributed by atoms with Crippen LogP contribution >= 0.6 is 23.5 Å². The first-order valence-electron chi connectivity index (χ1n) is 19.5. The Morgan fingerprint density at radius 3 is 1.48 bits per heavy atom. The molecular formula is C49H50O8S3. The van der Waals surface area contributed by atoms with Crippen molar-refractivity contribution in [3.63, 3.8) is 0 Å². The highest BCUT2D eigenvalue weighted by Gasteiger charge is 2.22. The number of phenols is 1. The van der Waals surface area contributed by atoms with Crippen LogP contribution in [-0.2, 0) is 32.5 Å². The lowest BCUT2D eigenvalue weighted by Gasteiger charge is -2.19. The molecule has 0 unspecified atom stereocenters. The van der Waals surface area contributed by atoms with Crippen LogP contribution in [0.3, 0.4) is 0 Å². The van der Waals surface area contributed by atoms with Crippen LogP contribution in [0.5, 0.6) is 11.5 Å². The number of aryl methyl sites for hydroxylation is 1. The molecule has 2 aromatic heterocycles. The smallest absolute Gasteiger partial charge is 0.339 e. The molecule has 0 atom stereocenters. The Morgan fingerprint density at radius 2 is 1.02 bits per heavy atom. The fourth-order valence-electron chi connectivity index (χ4n) is 6.28. The van der Waals surface area contributed by atoms with E-state index in [1.807, 2.05) is 6.92 Å². The zero-order valence-corrected chi connectivity index (χ0v) is 37.8. The summed E-state index contributed by atoms with van der Waals surface area (Å²) in [6, 6.07) is 32.9. The molecule has 0 fully saturated rings. The van der Waals surface area contributed by atoms with Gasteiger partial charge in [0.25, 0.3) is 0 Å². The molecule has 0 saturated carbocycles. The highest BCUT2D eigenvalue weighted by Crippen LogP contribution is 2.34. The van der Waals surface area contributed by atoms with Crippen molar-refractivity contribution in [2.45, 2.75) is 99.7 Å². The number of thioether (sulfide) groups is 2. The van der Waals surface area contributed by atoms with Gasteiger partial charge in [-0.2, -0.15) is 8.42 Å². The summed E-state index contributed by atoms with van der Waals surface area (Å²) in [6.45, 7) is 18.4. The molecular weight excluding hydrogens is 813 g/mol. The summed E-state index contributed by atoms with van der Waals surface area (Å²) < 4.78 is 42.9. The van der Waals surface area contributed by atoms with E-state index in [1.165, 1.54) is 64.5 Å². The van der Waals surface area contributed by atoms with Gasteiger partial charge in [-0.25, -0.2) is 0 Å². The van der Waals surface area contributed by atoms with Crippen LogP contribution in [-0.4, -0.2) is 13.5 Å². The van der Waals surface area contributed by atoms with Gasteiger partial charge in [-0.3, -0.25) is 9.59 Å². The molecule has 60 heavy (non-hydrogen) atoms. The number of benzene rings is 5. The second-order valence-corrected chi connectivity index (χ2v) is 20.2. The van der Waals surface area contributed by atoms with Gasteiger partial charge < -0.3 is 18.1 Å². The van der Waals surface area contributed by atoms with Gasteiger partial charge >= 0.3 is 10.1 Å². The van der Waals surface area contributed by atoms with Gasteiger partial charge in [0.2, 0.25) is 10.9 Å². The molecule has 0 aliphatic heterocycles. The summed E-state index contributed by atoms with van der Waals surface area (Å²) in [6.07, 6.45) is 0. The van der Waals surface area contributed by atoms with Crippen LogP contribution in [0.15, 0.2) is 143 Å². The van der Waals surface area contributed by atoms with Gasteiger partial charge in [-0.1, -0.05) is 143 Å². The lowest BCUT2D eigenvalue weighted by atomic mass is 9.87. The summed E-state index contributed by atoms with van der Waals surface area (Å²) in [7, 11) is -4.11. The van der Waals surface area contributed by atoms with E-state index in [4.69, 9.17) is 13.0 Å². The summed E-state index contributed by atoms with van der Waals surface area (Å²) in [5.41, 5.74) is 7.15. The Hall–Kier alpha value is -5.23. The Balaban J connectivity index is 0.000000213. The van der Waals surface area contributed by atoms with E-state index >= 15 is 0 Å². The molecule has 2 heterocycles. The third-order valence-electron chi connectivity index (χ3n) is 10.0. The number of fused-ring (bicyclic) bond motifs is 2. The standard InChI is InChI=1S/C28H28O5S2.C21H22O3S/c1-18-9-15-22(16-10-18)35(30,31)33-24-8-6-7-23-25(24)26(29)19(2)27(32-23)34-17-20-11-13-21(14-12-20)28(3,4)5;1-13-19(23)18-16(22)6-5-7-17(18)24-20(13)25-12-14-8-10-15(11-9-14)21(2,3)4/h6-16H,17H2,1-5H3;5-11,22H,12H2,1-4H3. The van der Waals surface area contributed by atoms with E-state index in [0.29, 0.717) is 32.6 Å². The molecule has 0 saturated heterocycles. The number of rotatable bonds is 9. The van der Waals surface area contributed by atoms with Crippen LogP contribution in [0.2, 0.25) is 0 Å². The van der Waals surface area contributed by atoms with Crippen LogP contribution in [0, 0.1) is 20.8 Å². The summed E-state index contributed by atoms with van der Waals surface area (Å²) in [5.74, 6) is 1.27. The monoisotopic (exact) mass is 862 g/mol. The number of hydrogen-bond donors (Lipinski definition) is 1. The Bertz CT molecular complexity index is 2880. The number of phenolic OH excluding ortho intramolecular Hbond substituents is 1. The molecule has 1 N–H and O–H groups in total. The first-order valence-corrected chi connectivity index (χ1v) is 22.9. The van der Waals surface area contributed by atoms with E-state index in [2.05, 4.69) is 90.1 Å². The highest BCUT2D eigenvalue weighted by molar-refractivity contribution is 7.98. The third kappa shape index (κ3) is 10.2. The minimum absolute atomic E-state index is 0.0193. The number of hydrogen-bond acceptors (Lipinski definition) is 10. The minimum Gasteiger partial charge on any atom is -0.507 e. The molecule has 0 aliphatic carbocycles. The molecule has 0 aliphatic rings. The van der Waals surface area contributed by atoms with Crippen molar-refractivity contribution >= 4 is 55.6 Å². The second kappa shape index (κ2) is 17.8. The van der Waals surface area contributed by atoms with Crippen molar-refractivity contribution in [2.75, 3.05) is 0 Å². The zero-order chi connectivity index (χ0) is 43.6. The van der Waals surface area contributed by atoms with Gasteiger partial charge in [-0.15, -0.1) is 0 Å². The van der Waals surface area contributed by atoms with Crippen LogP contribution in [0.1, 0.15) is 80.5 Å². The summed E-state index contributed by atoms with van der Waals surface area (Å²) >= 11 is 2.93. The number of aromatic hydroxyl groups is 1.